The lowest BCUT2D eigenvalue weighted by Gasteiger charge is -2.03. The standard InChI is InChI=1S/C19H19N3O/c1-2-3-4-15-7-11-18(12-8-15)22-14-20-19(21-22)17-9-5-16(13-23)6-10-17/h5-14H,2-4H2,1H3. The molecule has 0 fully saturated rings. The van der Waals surface area contributed by atoms with Crippen molar-refractivity contribution < 1.29 is 4.79 Å². The van der Waals surface area contributed by atoms with Crippen LogP contribution in [0.4, 0.5) is 0 Å². The lowest BCUT2D eigenvalue weighted by molar-refractivity contribution is 0.112. The molecule has 3 rings (SSSR count). The summed E-state index contributed by atoms with van der Waals surface area (Å²) in [6.07, 6.45) is 6.07. The highest BCUT2D eigenvalue weighted by Crippen LogP contribution is 2.17. The van der Waals surface area contributed by atoms with Crippen molar-refractivity contribution in [2.75, 3.05) is 0 Å². The molecule has 2 aromatic carbocycles. The van der Waals surface area contributed by atoms with Crippen molar-refractivity contribution >= 4 is 6.29 Å². The van der Waals surface area contributed by atoms with Crippen molar-refractivity contribution in [3.63, 3.8) is 0 Å². The SMILES string of the molecule is CCCCc1ccc(-n2cnc(-c3ccc(C=O)cc3)n2)cc1. The Labute approximate surface area is 135 Å². The van der Waals surface area contributed by atoms with E-state index in [1.54, 1.807) is 23.1 Å². The van der Waals surface area contributed by atoms with Gasteiger partial charge in [0.05, 0.1) is 5.69 Å². The first kappa shape index (κ1) is 15.2. The first-order valence-corrected chi connectivity index (χ1v) is 7.86. The van der Waals surface area contributed by atoms with E-state index in [-0.39, 0.29) is 0 Å². The molecular weight excluding hydrogens is 286 g/mol. The van der Waals surface area contributed by atoms with Gasteiger partial charge in [-0.2, -0.15) is 0 Å². The molecule has 3 aromatic rings. The van der Waals surface area contributed by atoms with Gasteiger partial charge in [-0.15, -0.1) is 5.10 Å². The Kier molecular flexibility index (Phi) is 4.62. The third-order valence-corrected chi connectivity index (χ3v) is 3.82. The van der Waals surface area contributed by atoms with E-state index in [4.69, 9.17) is 0 Å². The second-order valence-electron chi connectivity index (χ2n) is 5.52. The number of benzene rings is 2. The number of hydrogen-bond acceptors (Lipinski definition) is 3. The Morgan fingerprint density at radius 2 is 1.78 bits per heavy atom. The summed E-state index contributed by atoms with van der Waals surface area (Å²) in [5.74, 6) is 0.650. The zero-order valence-electron chi connectivity index (χ0n) is 13.1. The minimum absolute atomic E-state index is 0.649. The first-order chi connectivity index (χ1) is 11.3. The largest absolute Gasteiger partial charge is 0.298 e. The van der Waals surface area contributed by atoms with Gasteiger partial charge < -0.3 is 0 Å². The van der Waals surface area contributed by atoms with Gasteiger partial charge in [-0.05, 0) is 30.5 Å². The molecule has 0 saturated carbocycles. The number of aldehydes is 1. The fourth-order valence-electron chi connectivity index (χ4n) is 2.43. The van der Waals surface area contributed by atoms with Crippen molar-refractivity contribution in [1.29, 1.82) is 0 Å². The van der Waals surface area contributed by atoms with Crippen LogP contribution in [0.1, 0.15) is 35.7 Å². The van der Waals surface area contributed by atoms with Crippen molar-refractivity contribution in [2.24, 2.45) is 0 Å². The Hall–Kier alpha value is -2.75. The molecule has 0 amide bonds. The fraction of sp³-hybridized carbons (Fsp3) is 0.211. The van der Waals surface area contributed by atoms with Crippen LogP contribution in [0.5, 0.6) is 0 Å². The van der Waals surface area contributed by atoms with Gasteiger partial charge in [0.1, 0.15) is 12.6 Å². The molecule has 0 aliphatic heterocycles. The molecule has 0 unspecified atom stereocenters. The van der Waals surface area contributed by atoms with E-state index in [9.17, 15) is 4.79 Å². The van der Waals surface area contributed by atoms with Gasteiger partial charge in [-0.3, -0.25) is 4.79 Å². The van der Waals surface area contributed by atoms with E-state index >= 15 is 0 Å². The van der Waals surface area contributed by atoms with Gasteiger partial charge in [-0.1, -0.05) is 49.7 Å². The van der Waals surface area contributed by atoms with Gasteiger partial charge in [-0.25, -0.2) is 9.67 Å². The molecule has 0 aliphatic rings. The summed E-state index contributed by atoms with van der Waals surface area (Å²) < 4.78 is 1.77. The minimum atomic E-state index is 0.649. The lowest BCUT2D eigenvalue weighted by Crippen LogP contribution is -1.95. The highest BCUT2D eigenvalue weighted by atomic mass is 16.1. The van der Waals surface area contributed by atoms with Crippen LogP contribution in [0.3, 0.4) is 0 Å². The maximum Gasteiger partial charge on any atom is 0.181 e. The van der Waals surface area contributed by atoms with Crippen molar-refractivity contribution in [3.05, 3.63) is 66.0 Å². The average Bonchev–Trinajstić information content (AvgIpc) is 3.10. The average molecular weight is 305 g/mol. The topological polar surface area (TPSA) is 47.8 Å². The van der Waals surface area contributed by atoms with E-state index in [2.05, 4.69) is 41.3 Å². The molecule has 4 heteroatoms. The molecule has 0 bridgehead atoms. The van der Waals surface area contributed by atoms with E-state index in [1.165, 1.54) is 18.4 Å². The summed E-state index contributed by atoms with van der Waals surface area (Å²) in [5, 5.41) is 4.52. The van der Waals surface area contributed by atoms with Crippen LogP contribution >= 0.6 is 0 Å². The van der Waals surface area contributed by atoms with Gasteiger partial charge in [0.2, 0.25) is 0 Å². The van der Waals surface area contributed by atoms with Crippen molar-refractivity contribution in [3.8, 4) is 17.1 Å². The summed E-state index contributed by atoms with van der Waals surface area (Å²) in [5.41, 5.74) is 3.89. The minimum Gasteiger partial charge on any atom is -0.298 e. The maximum absolute atomic E-state index is 10.7. The molecule has 0 spiro atoms. The van der Waals surface area contributed by atoms with Crippen molar-refractivity contribution in [2.45, 2.75) is 26.2 Å². The van der Waals surface area contributed by atoms with Gasteiger partial charge >= 0.3 is 0 Å². The number of aryl methyl sites for hydroxylation is 1. The summed E-state index contributed by atoms with van der Waals surface area (Å²) in [6, 6.07) is 15.7. The van der Waals surface area contributed by atoms with Crippen LogP contribution in [0.2, 0.25) is 0 Å². The molecular formula is C19H19N3O. The summed E-state index contributed by atoms with van der Waals surface area (Å²) in [7, 11) is 0. The van der Waals surface area contributed by atoms with Crippen molar-refractivity contribution in [1.82, 2.24) is 14.8 Å². The van der Waals surface area contributed by atoms with Gasteiger partial charge in [0.15, 0.2) is 5.82 Å². The van der Waals surface area contributed by atoms with Crippen LogP contribution in [-0.2, 0) is 6.42 Å². The Morgan fingerprint density at radius 3 is 2.43 bits per heavy atom. The maximum atomic E-state index is 10.7. The van der Waals surface area contributed by atoms with E-state index in [1.807, 2.05) is 12.1 Å². The Morgan fingerprint density at radius 1 is 1.04 bits per heavy atom. The Balaban J connectivity index is 1.79. The third-order valence-electron chi connectivity index (χ3n) is 3.82. The summed E-state index contributed by atoms with van der Waals surface area (Å²) >= 11 is 0. The van der Waals surface area contributed by atoms with Crippen LogP contribution in [-0.4, -0.2) is 21.1 Å². The monoisotopic (exact) mass is 305 g/mol. The molecule has 116 valence electrons. The molecule has 0 radical (unpaired) electrons. The van der Waals surface area contributed by atoms with Crippen LogP contribution in [0, 0.1) is 0 Å². The fourth-order valence-corrected chi connectivity index (χ4v) is 2.43. The number of hydrogen-bond donors (Lipinski definition) is 0. The first-order valence-electron chi connectivity index (χ1n) is 7.86. The third kappa shape index (κ3) is 3.54. The predicted octanol–water partition coefficient (Wildman–Crippen LogP) is 4.09. The number of rotatable bonds is 6. The summed E-state index contributed by atoms with van der Waals surface area (Å²) in [4.78, 5) is 15.1. The molecule has 0 N–H and O–H groups in total. The van der Waals surface area contributed by atoms with E-state index in [0.29, 0.717) is 11.4 Å². The highest BCUT2D eigenvalue weighted by molar-refractivity contribution is 5.76. The number of aromatic nitrogens is 3. The lowest BCUT2D eigenvalue weighted by atomic mass is 10.1. The number of carbonyl (C=O) groups excluding carboxylic acids is 1. The van der Waals surface area contributed by atoms with E-state index < -0.39 is 0 Å². The highest BCUT2D eigenvalue weighted by Gasteiger charge is 2.06. The molecule has 0 aliphatic carbocycles. The molecule has 1 aromatic heterocycles. The molecule has 0 saturated heterocycles. The second kappa shape index (κ2) is 7.01. The zero-order valence-corrected chi connectivity index (χ0v) is 13.1. The van der Waals surface area contributed by atoms with Gasteiger partial charge in [0, 0.05) is 11.1 Å². The van der Waals surface area contributed by atoms with Gasteiger partial charge in [0.25, 0.3) is 0 Å². The summed E-state index contributed by atoms with van der Waals surface area (Å²) in [6.45, 7) is 2.20. The normalized spacial score (nSPS) is 10.7. The number of nitrogens with zero attached hydrogens (tertiary/aromatic N) is 3. The second-order valence-corrected chi connectivity index (χ2v) is 5.52. The quantitative estimate of drug-likeness (QED) is 0.644. The van der Waals surface area contributed by atoms with Crippen LogP contribution in [0.25, 0.3) is 17.1 Å². The number of carbonyl (C=O) groups is 1. The van der Waals surface area contributed by atoms with E-state index in [0.717, 1.165) is 24.0 Å². The zero-order chi connectivity index (χ0) is 16.1. The molecule has 23 heavy (non-hydrogen) atoms. The molecule has 4 nitrogen and oxygen atoms in total. The molecule has 1 heterocycles. The van der Waals surface area contributed by atoms with Crippen LogP contribution in [0.15, 0.2) is 54.9 Å². The van der Waals surface area contributed by atoms with Crippen LogP contribution < -0.4 is 0 Å². The number of unbranched alkanes of at least 4 members (excludes halogenated alkanes) is 1. The predicted molar refractivity (Wildman–Crippen MR) is 90.8 cm³/mol. The smallest absolute Gasteiger partial charge is 0.181 e. The molecule has 0 atom stereocenters. The Bertz CT molecular complexity index is 773.